The molecule has 19 heavy (non-hydrogen) atoms. The van der Waals surface area contributed by atoms with Crippen molar-refractivity contribution in [3.8, 4) is 0 Å². The molecule has 1 aliphatic heterocycles. The third-order valence-corrected chi connectivity index (χ3v) is 5.11. The molecule has 0 aliphatic carbocycles. The molecule has 0 spiro atoms. The summed E-state index contributed by atoms with van der Waals surface area (Å²) in [5.74, 6) is 2.19. The van der Waals surface area contributed by atoms with E-state index in [0.29, 0.717) is 5.92 Å². The molecule has 0 radical (unpaired) electrons. The number of thioether (sulfide) groups is 1. The molecular formula is C15H21NO2S. The van der Waals surface area contributed by atoms with Gasteiger partial charge in [-0.05, 0) is 25.5 Å². The topological polar surface area (TPSA) is 30.8 Å². The highest BCUT2D eigenvalue weighted by molar-refractivity contribution is 7.99. The highest BCUT2D eigenvalue weighted by Gasteiger charge is 2.46. The molecule has 1 saturated heterocycles. The van der Waals surface area contributed by atoms with Crippen molar-refractivity contribution in [2.45, 2.75) is 25.2 Å². The molecule has 1 aromatic carbocycles. The smallest absolute Gasteiger partial charge is 0.232 e. The normalized spacial score (nSPS) is 28.4. The predicted molar refractivity (Wildman–Crippen MR) is 79.5 cm³/mol. The van der Waals surface area contributed by atoms with E-state index in [4.69, 9.17) is 9.57 Å². The Morgan fingerprint density at radius 2 is 2.16 bits per heavy atom. The summed E-state index contributed by atoms with van der Waals surface area (Å²) in [5, 5.41) is 4.07. The standard InChI is InChI=1S/C15H21NO2S/c1-4-12-10-18-14(16-17-3)15(12,2)11-19-13-8-6-5-7-9-13/h5-9,12H,4,10-11H2,1-3H3/b16-14-/t12-,15+/m0/s1. The van der Waals surface area contributed by atoms with Crippen LogP contribution in [0.25, 0.3) is 0 Å². The summed E-state index contributed by atoms with van der Waals surface area (Å²) in [6.07, 6.45) is 1.09. The average molecular weight is 279 g/mol. The van der Waals surface area contributed by atoms with Crippen molar-refractivity contribution < 1.29 is 9.57 Å². The lowest BCUT2D eigenvalue weighted by Gasteiger charge is -2.27. The molecule has 0 N–H and O–H groups in total. The molecule has 4 heteroatoms. The molecule has 0 bridgehead atoms. The number of hydrogen-bond acceptors (Lipinski definition) is 4. The monoisotopic (exact) mass is 279 g/mol. The summed E-state index contributed by atoms with van der Waals surface area (Å²) >= 11 is 1.85. The fraction of sp³-hybridized carbons (Fsp3) is 0.533. The van der Waals surface area contributed by atoms with Gasteiger partial charge in [0.1, 0.15) is 7.11 Å². The maximum atomic E-state index is 5.71. The first-order valence-corrected chi connectivity index (χ1v) is 7.61. The Bertz CT molecular complexity index is 435. The molecule has 1 aliphatic rings. The highest BCUT2D eigenvalue weighted by atomic mass is 32.2. The second-order valence-corrected chi connectivity index (χ2v) is 6.06. The summed E-state index contributed by atoms with van der Waals surface area (Å²) < 4.78 is 5.71. The van der Waals surface area contributed by atoms with Crippen molar-refractivity contribution in [2.24, 2.45) is 16.5 Å². The second kappa shape index (κ2) is 6.33. The molecule has 0 saturated carbocycles. The fourth-order valence-electron chi connectivity index (χ4n) is 2.41. The van der Waals surface area contributed by atoms with Crippen LogP contribution in [0.4, 0.5) is 0 Å². The van der Waals surface area contributed by atoms with E-state index in [0.717, 1.165) is 24.7 Å². The van der Waals surface area contributed by atoms with E-state index in [9.17, 15) is 0 Å². The van der Waals surface area contributed by atoms with Gasteiger partial charge in [-0.2, -0.15) is 0 Å². The van der Waals surface area contributed by atoms with Gasteiger partial charge in [0.25, 0.3) is 0 Å². The number of hydrogen-bond donors (Lipinski definition) is 0. The van der Waals surface area contributed by atoms with Crippen molar-refractivity contribution in [1.82, 2.24) is 0 Å². The maximum absolute atomic E-state index is 5.71. The minimum Gasteiger partial charge on any atom is -0.478 e. The first-order valence-electron chi connectivity index (χ1n) is 6.63. The van der Waals surface area contributed by atoms with Crippen LogP contribution in [0.1, 0.15) is 20.3 Å². The zero-order valence-electron chi connectivity index (χ0n) is 11.8. The van der Waals surface area contributed by atoms with Gasteiger partial charge < -0.3 is 9.57 Å². The Labute approximate surface area is 119 Å². The minimum absolute atomic E-state index is 0.0503. The summed E-state index contributed by atoms with van der Waals surface area (Å²) in [4.78, 5) is 6.20. The minimum atomic E-state index is -0.0503. The van der Waals surface area contributed by atoms with Crippen LogP contribution in [0.3, 0.4) is 0 Å². The Kier molecular flexibility index (Phi) is 4.75. The quantitative estimate of drug-likeness (QED) is 0.607. The number of benzene rings is 1. The van der Waals surface area contributed by atoms with Gasteiger partial charge in [-0.3, -0.25) is 0 Å². The van der Waals surface area contributed by atoms with Crippen molar-refractivity contribution in [3.63, 3.8) is 0 Å². The molecule has 3 nitrogen and oxygen atoms in total. The van der Waals surface area contributed by atoms with E-state index in [1.54, 1.807) is 7.11 Å². The molecule has 0 aromatic heterocycles. The van der Waals surface area contributed by atoms with E-state index in [2.05, 4.69) is 43.3 Å². The molecule has 0 amide bonds. The van der Waals surface area contributed by atoms with Gasteiger partial charge in [0, 0.05) is 16.6 Å². The van der Waals surface area contributed by atoms with Crippen molar-refractivity contribution >= 4 is 17.7 Å². The molecule has 2 rings (SSSR count). The Hall–Kier alpha value is -1.16. The van der Waals surface area contributed by atoms with Crippen molar-refractivity contribution in [2.75, 3.05) is 19.5 Å². The van der Waals surface area contributed by atoms with E-state index < -0.39 is 0 Å². The summed E-state index contributed by atoms with van der Waals surface area (Å²) in [6, 6.07) is 10.4. The van der Waals surface area contributed by atoms with Crippen LogP contribution in [-0.2, 0) is 9.57 Å². The lowest BCUT2D eigenvalue weighted by molar-refractivity contribution is 0.194. The molecular weight excluding hydrogens is 258 g/mol. The Balaban J connectivity index is 2.11. The maximum Gasteiger partial charge on any atom is 0.232 e. The fourth-order valence-corrected chi connectivity index (χ4v) is 3.59. The molecule has 1 fully saturated rings. The third kappa shape index (κ3) is 3.06. The number of rotatable bonds is 5. The second-order valence-electron chi connectivity index (χ2n) is 5.01. The molecule has 104 valence electrons. The van der Waals surface area contributed by atoms with Crippen LogP contribution >= 0.6 is 11.8 Å². The van der Waals surface area contributed by atoms with Gasteiger partial charge in [-0.25, -0.2) is 0 Å². The van der Waals surface area contributed by atoms with E-state index in [-0.39, 0.29) is 5.41 Å². The number of nitrogens with zero attached hydrogens (tertiary/aromatic N) is 1. The van der Waals surface area contributed by atoms with Gasteiger partial charge >= 0.3 is 0 Å². The van der Waals surface area contributed by atoms with Gasteiger partial charge in [0.05, 0.1) is 12.0 Å². The summed E-state index contributed by atoms with van der Waals surface area (Å²) in [6.45, 7) is 5.17. The van der Waals surface area contributed by atoms with Crippen LogP contribution in [0.5, 0.6) is 0 Å². The molecule has 0 unspecified atom stereocenters. The van der Waals surface area contributed by atoms with Crippen LogP contribution in [0.2, 0.25) is 0 Å². The molecule has 1 heterocycles. The van der Waals surface area contributed by atoms with E-state index in [1.807, 2.05) is 17.8 Å². The molecule has 2 atom stereocenters. The first kappa shape index (κ1) is 14.3. The SMILES string of the molecule is CC[C@H]1CO/C(=N\OC)[C@]1(C)CSc1ccccc1. The van der Waals surface area contributed by atoms with Gasteiger partial charge in [-0.1, -0.05) is 30.3 Å². The third-order valence-electron chi connectivity index (χ3n) is 3.76. The van der Waals surface area contributed by atoms with Crippen LogP contribution < -0.4 is 0 Å². The van der Waals surface area contributed by atoms with Gasteiger partial charge in [0.2, 0.25) is 5.90 Å². The zero-order valence-corrected chi connectivity index (χ0v) is 12.6. The van der Waals surface area contributed by atoms with E-state index >= 15 is 0 Å². The summed E-state index contributed by atoms with van der Waals surface area (Å²) in [7, 11) is 1.57. The van der Waals surface area contributed by atoms with Crippen molar-refractivity contribution in [1.29, 1.82) is 0 Å². The van der Waals surface area contributed by atoms with E-state index in [1.165, 1.54) is 4.90 Å². The number of oxime groups is 1. The Morgan fingerprint density at radius 1 is 1.42 bits per heavy atom. The highest BCUT2D eigenvalue weighted by Crippen LogP contribution is 2.42. The predicted octanol–water partition coefficient (Wildman–Crippen LogP) is 3.80. The molecule has 1 aromatic rings. The summed E-state index contributed by atoms with van der Waals surface area (Å²) in [5.41, 5.74) is -0.0503. The lowest BCUT2D eigenvalue weighted by atomic mass is 9.79. The van der Waals surface area contributed by atoms with Crippen LogP contribution in [-0.4, -0.2) is 25.4 Å². The zero-order chi connectivity index (χ0) is 13.7. The van der Waals surface area contributed by atoms with Crippen molar-refractivity contribution in [3.05, 3.63) is 30.3 Å². The average Bonchev–Trinajstić information content (AvgIpc) is 2.75. The van der Waals surface area contributed by atoms with Crippen LogP contribution in [0.15, 0.2) is 40.4 Å². The van der Waals surface area contributed by atoms with Gasteiger partial charge in [0.15, 0.2) is 0 Å². The Morgan fingerprint density at radius 3 is 2.79 bits per heavy atom. The lowest BCUT2D eigenvalue weighted by Crippen LogP contribution is -2.32. The first-order chi connectivity index (χ1) is 9.20. The largest absolute Gasteiger partial charge is 0.478 e. The van der Waals surface area contributed by atoms with Crippen LogP contribution in [0, 0.1) is 11.3 Å². The number of ether oxygens (including phenoxy) is 1. The van der Waals surface area contributed by atoms with Gasteiger partial charge in [-0.15, -0.1) is 11.8 Å².